The Balaban J connectivity index is 2.27. The maximum absolute atomic E-state index is 12.6. The summed E-state index contributed by atoms with van der Waals surface area (Å²) >= 11 is 0. The van der Waals surface area contributed by atoms with E-state index in [1.807, 2.05) is 32.0 Å². The molecule has 0 aliphatic heterocycles. The van der Waals surface area contributed by atoms with E-state index in [0.29, 0.717) is 11.7 Å². The zero-order valence-electron chi connectivity index (χ0n) is 12.4. The highest BCUT2D eigenvalue weighted by Crippen LogP contribution is 2.22. The van der Waals surface area contributed by atoms with Crippen molar-refractivity contribution in [3.8, 4) is 0 Å². The zero-order valence-corrected chi connectivity index (χ0v) is 13.3. The molecule has 0 heterocycles. The number of benzene rings is 2. The van der Waals surface area contributed by atoms with Crippen LogP contribution in [0.1, 0.15) is 13.8 Å². The molecule has 0 saturated carbocycles. The Morgan fingerprint density at radius 2 is 1.52 bits per heavy atom. The second-order valence-electron chi connectivity index (χ2n) is 5.13. The molecule has 0 fully saturated rings. The van der Waals surface area contributed by atoms with Gasteiger partial charge in [0, 0.05) is 18.8 Å². The zero-order chi connectivity index (χ0) is 15.5. The highest BCUT2D eigenvalue weighted by Gasteiger charge is 2.20. The third kappa shape index (κ3) is 3.55. The summed E-state index contributed by atoms with van der Waals surface area (Å²) in [6, 6.07) is 16.2. The Kier molecular flexibility index (Phi) is 4.53. The molecule has 112 valence electrons. The van der Waals surface area contributed by atoms with Crippen LogP contribution in [0.4, 0.5) is 11.4 Å². The summed E-state index contributed by atoms with van der Waals surface area (Å²) in [5.41, 5.74) is 1.55. The number of hydrogen-bond acceptors (Lipinski definition) is 3. The molecule has 0 saturated heterocycles. The molecular weight excluding hydrogens is 284 g/mol. The van der Waals surface area contributed by atoms with E-state index in [2.05, 4.69) is 5.32 Å². The van der Waals surface area contributed by atoms with E-state index in [-0.39, 0.29) is 4.90 Å². The van der Waals surface area contributed by atoms with Gasteiger partial charge in [0.05, 0.1) is 10.6 Å². The SMILES string of the molecule is CC(C)Nc1ccc(S(=O)(=O)N(C)c2ccccc2)cc1. The van der Waals surface area contributed by atoms with E-state index < -0.39 is 10.0 Å². The number of hydrogen-bond donors (Lipinski definition) is 1. The van der Waals surface area contributed by atoms with Gasteiger partial charge in [0.1, 0.15) is 0 Å². The molecule has 0 spiro atoms. The van der Waals surface area contributed by atoms with Gasteiger partial charge in [-0.25, -0.2) is 8.42 Å². The summed E-state index contributed by atoms with van der Waals surface area (Å²) in [4.78, 5) is 0.281. The lowest BCUT2D eigenvalue weighted by molar-refractivity contribution is 0.594. The van der Waals surface area contributed by atoms with E-state index >= 15 is 0 Å². The smallest absolute Gasteiger partial charge is 0.264 e. The van der Waals surface area contributed by atoms with Crippen LogP contribution >= 0.6 is 0 Å². The first-order valence-electron chi connectivity index (χ1n) is 6.82. The highest BCUT2D eigenvalue weighted by molar-refractivity contribution is 7.92. The average Bonchev–Trinajstić information content (AvgIpc) is 2.47. The maximum Gasteiger partial charge on any atom is 0.264 e. The molecule has 2 rings (SSSR count). The summed E-state index contributed by atoms with van der Waals surface area (Å²) in [6.07, 6.45) is 0. The summed E-state index contributed by atoms with van der Waals surface area (Å²) in [5, 5.41) is 3.24. The van der Waals surface area contributed by atoms with Crippen LogP contribution in [0.5, 0.6) is 0 Å². The quantitative estimate of drug-likeness (QED) is 0.921. The third-order valence-corrected chi connectivity index (χ3v) is 4.89. The van der Waals surface area contributed by atoms with Gasteiger partial charge in [0.15, 0.2) is 0 Å². The van der Waals surface area contributed by atoms with Crippen molar-refractivity contribution >= 4 is 21.4 Å². The predicted octanol–water partition coefficient (Wildman–Crippen LogP) is 3.33. The number of anilines is 2. The van der Waals surface area contributed by atoms with Crippen molar-refractivity contribution in [1.82, 2.24) is 0 Å². The minimum Gasteiger partial charge on any atom is -0.383 e. The average molecular weight is 304 g/mol. The predicted molar refractivity (Wildman–Crippen MR) is 87.2 cm³/mol. The number of para-hydroxylation sites is 1. The van der Waals surface area contributed by atoms with E-state index in [9.17, 15) is 8.42 Å². The molecule has 0 aliphatic carbocycles. The van der Waals surface area contributed by atoms with Crippen LogP contribution in [0, 0.1) is 0 Å². The molecule has 2 aromatic rings. The van der Waals surface area contributed by atoms with Crippen molar-refractivity contribution in [3.63, 3.8) is 0 Å². The van der Waals surface area contributed by atoms with Crippen LogP contribution < -0.4 is 9.62 Å². The van der Waals surface area contributed by atoms with Gasteiger partial charge in [-0.3, -0.25) is 4.31 Å². The molecule has 0 radical (unpaired) electrons. The van der Waals surface area contributed by atoms with E-state index in [1.54, 1.807) is 43.4 Å². The molecule has 21 heavy (non-hydrogen) atoms. The van der Waals surface area contributed by atoms with E-state index in [0.717, 1.165) is 5.69 Å². The van der Waals surface area contributed by atoms with Crippen LogP contribution in [-0.2, 0) is 10.0 Å². The lowest BCUT2D eigenvalue weighted by Gasteiger charge is -2.19. The van der Waals surface area contributed by atoms with Crippen LogP contribution in [-0.4, -0.2) is 21.5 Å². The molecule has 0 atom stereocenters. The van der Waals surface area contributed by atoms with E-state index in [1.165, 1.54) is 4.31 Å². The number of nitrogens with one attached hydrogen (secondary N) is 1. The van der Waals surface area contributed by atoms with Crippen LogP contribution in [0.15, 0.2) is 59.5 Å². The number of sulfonamides is 1. The van der Waals surface area contributed by atoms with Gasteiger partial charge in [0.2, 0.25) is 0 Å². The molecule has 1 N–H and O–H groups in total. The second kappa shape index (κ2) is 6.18. The molecule has 5 heteroatoms. The van der Waals surface area contributed by atoms with Crippen molar-refractivity contribution in [2.75, 3.05) is 16.7 Å². The van der Waals surface area contributed by atoms with Crippen molar-refractivity contribution in [2.24, 2.45) is 0 Å². The Bertz CT molecular complexity index is 680. The molecule has 0 aromatic heterocycles. The highest BCUT2D eigenvalue weighted by atomic mass is 32.2. The molecule has 2 aromatic carbocycles. The van der Waals surface area contributed by atoms with Crippen molar-refractivity contribution in [3.05, 3.63) is 54.6 Å². The fourth-order valence-corrected chi connectivity index (χ4v) is 3.19. The van der Waals surface area contributed by atoms with Crippen LogP contribution in [0.2, 0.25) is 0 Å². The lowest BCUT2D eigenvalue weighted by atomic mass is 10.3. The largest absolute Gasteiger partial charge is 0.383 e. The first-order valence-corrected chi connectivity index (χ1v) is 8.26. The van der Waals surface area contributed by atoms with Gasteiger partial charge in [-0.1, -0.05) is 18.2 Å². The Morgan fingerprint density at radius 1 is 0.952 bits per heavy atom. The summed E-state index contributed by atoms with van der Waals surface area (Å²) in [5.74, 6) is 0. The minimum absolute atomic E-state index is 0.281. The fourth-order valence-electron chi connectivity index (χ4n) is 1.99. The monoisotopic (exact) mass is 304 g/mol. The second-order valence-corrected chi connectivity index (χ2v) is 7.10. The van der Waals surface area contributed by atoms with Crippen LogP contribution in [0.25, 0.3) is 0 Å². The minimum atomic E-state index is -3.53. The molecule has 0 aliphatic rings. The first-order chi connectivity index (χ1) is 9.91. The van der Waals surface area contributed by atoms with Gasteiger partial charge < -0.3 is 5.32 Å². The van der Waals surface area contributed by atoms with Gasteiger partial charge in [-0.15, -0.1) is 0 Å². The third-order valence-electron chi connectivity index (χ3n) is 3.09. The standard InChI is InChI=1S/C16H20N2O2S/c1-13(2)17-14-9-11-16(12-10-14)21(19,20)18(3)15-7-5-4-6-8-15/h4-13,17H,1-3H3. The van der Waals surface area contributed by atoms with E-state index in [4.69, 9.17) is 0 Å². The Labute approximate surface area is 126 Å². The lowest BCUT2D eigenvalue weighted by Crippen LogP contribution is -2.26. The number of rotatable bonds is 5. The normalized spacial score (nSPS) is 11.4. The Morgan fingerprint density at radius 3 is 2.05 bits per heavy atom. The van der Waals surface area contributed by atoms with Gasteiger partial charge >= 0.3 is 0 Å². The summed E-state index contributed by atoms with van der Waals surface area (Å²) < 4.78 is 26.4. The van der Waals surface area contributed by atoms with Crippen LogP contribution in [0.3, 0.4) is 0 Å². The molecule has 0 unspecified atom stereocenters. The summed E-state index contributed by atoms with van der Waals surface area (Å²) in [6.45, 7) is 4.07. The van der Waals surface area contributed by atoms with Crippen molar-refractivity contribution in [1.29, 1.82) is 0 Å². The molecular formula is C16H20N2O2S. The maximum atomic E-state index is 12.6. The Hall–Kier alpha value is -2.01. The fraction of sp³-hybridized carbons (Fsp3) is 0.250. The number of nitrogens with zero attached hydrogens (tertiary/aromatic N) is 1. The topological polar surface area (TPSA) is 49.4 Å². The van der Waals surface area contributed by atoms with Gasteiger partial charge in [0.25, 0.3) is 10.0 Å². The van der Waals surface area contributed by atoms with Crippen molar-refractivity contribution in [2.45, 2.75) is 24.8 Å². The molecule has 4 nitrogen and oxygen atoms in total. The summed E-state index contributed by atoms with van der Waals surface area (Å²) in [7, 11) is -1.97. The van der Waals surface area contributed by atoms with Crippen molar-refractivity contribution < 1.29 is 8.42 Å². The molecule has 0 bridgehead atoms. The van der Waals surface area contributed by atoms with Gasteiger partial charge in [-0.05, 0) is 50.2 Å². The molecule has 0 amide bonds. The first kappa shape index (κ1) is 15.4. The van der Waals surface area contributed by atoms with Gasteiger partial charge in [-0.2, -0.15) is 0 Å².